The van der Waals surface area contributed by atoms with E-state index >= 15 is 4.39 Å². The van der Waals surface area contributed by atoms with Crippen molar-refractivity contribution in [3.63, 3.8) is 0 Å². The lowest BCUT2D eigenvalue weighted by molar-refractivity contribution is 0.111. The normalized spacial score (nSPS) is 26.7. The predicted octanol–water partition coefficient (Wildman–Crippen LogP) is 5.74. The summed E-state index contributed by atoms with van der Waals surface area (Å²) in [4.78, 5) is 17.6. The zero-order valence-electron chi connectivity index (χ0n) is 23.7. The van der Waals surface area contributed by atoms with Crippen LogP contribution in [0.15, 0.2) is 42.6 Å². The molecule has 2 bridgehead atoms. The summed E-state index contributed by atoms with van der Waals surface area (Å²) < 4.78 is 37.8. The molecule has 0 saturated carbocycles. The molecule has 0 aliphatic carbocycles. The van der Waals surface area contributed by atoms with E-state index in [9.17, 15) is 9.50 Å². The molecule has 2 aromatic carbocycles. The van der Waals surface area contributed by atoms with Crippen LogP contribution < -0.4 is 15.0 Å². The molecule has 4 saturated heterocycles. The molecular weight excluding hydrogens is 550 g/mol. The van der Waals surface area contributed by atoms with E-state index < -0.39 is 17.5 Å². The third kappa shape index (κ3) is 4.28. The number of hydrogen-bond acceptors (Lipinski definition) is 7. The van der Waals surface area contributed by atoms with Crippen molar-refractivity contribution >= 4 is 33.1 Å². The lowest BCUT2D eigenvalue weighted by Gasteiger charge is -2.35. The van der Waals surface area contributed by atoms with Gasteiger partial charge in [-0.25, -0.2) is 18.6 Å². The molecule has 43 heavy (non-hydrogen) atoms. The molecule has 220 valence electrons. The Balaban J connectivity index is 1.30. The van der Waals surface area contributed by atoms with Crippen LogP contribution in [0.4, 0.5) is 20.3 Å². The lowest BCUT2D eigenvalue weighted by atomic mass is 9.95. The standard InChI is InChI=1S/C33H32F2N6O2/c1-36-30-27-26(14-37-29(28(27)35)25-12-23(42)11-19-5-2-3-6-24(19)25)31(40-16-21-7-8-22(17-40)38-21)39-32(30)43-18-33-9-4-10-41(33)15-20(34)13-33/h2-3,5-6,11-12,14,20-22,38,42H,4,7-10,13,15-18H2/t20-,21?,22?,33+/m1/s1. The van der Waals surface area contributed by atoms with Gasteiger partial charge in [0.15, 0.2) is 0 Å². The van der Waals surface area contributed by atoms with Crippen LogP contribution in [-0.4, -0.2) is 76.6 Å². The number of nitrogens with one attached hydrogen (secondary N) is 1. The van der Waals surface area contributed by atoms with Gasteiger partial charge in [-0.2, -0.15) is 0 Å². The van der Waals surface area contributed by atoms with E-state index in [1.165, 1.54) is 6.07 Å². The number of aromatic hydroxyl groups is 1. The Labute approximate surface area is 248 Å². The number of benzene rings is 2. The number of aromatic nitrogens is 2. The smallest absolute Gasteiger partial charge is 0.257 e. The van der Waals surface area contributed by atoms with Crippen LogP contribution in [0.25, 0.3) is 37.6 Å². The monoisotopic (exact) mass is 582 g/mol. The highest BCUT2D eigenvalue weighted by Gasteiger charge is 2.49. The number of fused-ring (bicyclic) bond motifs is 5. The second kappa shape index (κ2) is 10.00. The first-order chi connectivity index (χ1) is 20.9. The van der Waals surface area contributed by atoms with Gasteiger partial charge in [-0.05, 0) is 55.1 Å². The molecule has 6 heterocycles. The maximum atomic E-state index is 16.9. The van der Waals surface area contributed by atoms with Crippen molar-refractivity contribution in [2.75, 3.05) is 37.7 Å². The van der Waals surface area contributed by atoms with E-state index in [-0.39, 0.29) is 35.0 Å². The lowest BCUT2D eigenvalue weighted by Crippen LogP contribution is -2.51. The van der Waals surface area contributed by atoms with E-state index in [1.807, 2.05) is 24.3 Å². The third-order valence-electron chi connectivity index (χ3n) is 9.88. The summed E-state index contributed by atoms with van der Waals surface area (Å²) in [6.07, 6.45) is 4.97. The highest BCUT2D eigenvalue weighted by Crippen LogP contribution is 2.46. The number of nitrogens with zero attached hydrogens (tertiary/aromatic N) is 5. The molecule has 4 atom stereocenters. The van der Waals surface area contributed by atoms with Gasteiger partial charge in [0.05, 0.1) is 12.1 Å². The molecule has 8 rings (SSSR count). The van der Waals surface area contributed by atoms with E-state index in [2.05, 4.69) is 24.9 Å². The van der Waals surface area contributed by atoms with Crippen LogP contribution in [0.3, 0.4) is 0 Å². The van der Waals surface area contributed by atoms with Crippen LogP contribution in [-0.2, 0) is 0 Å². The molecule has 8 nitrogen and oxygen atoms in total. The molecule has 10 heteroatoms. The number of alkyl halides is 1. The molecule has 4 fully saturated rings. The Morgan fingerprint density at radius 3 is 2.77 bits per heavy atom. The Kier molecular flexibility index (Phi) is 6.17. The van der Waals surface area contributed by atoms with Crippen LogP contribution in [0.2, 0.25) is 0 Å². The molecule has 4 aliphatic heterocycles. The van der Waals surface area contributed by atoms with Crippen molar-refractivity contribution in [2.24, 2.45) is 0 Å². The number of anilines is 1. The van der Waals surface area contributed by atoms with Crippen LogP contribution in [0.1, 0.15) is 32.1 Å². The molecule has 2 N–H and O–H groups in total. The van der Waals surface area contributed by atoms with E-state index in [1.54, 1.807) is 12.3 Å². The number of hydrogen-bond donors (Lipinski definition) is 2. The second-order valence-electron chi connectivity index (χ2n) is 12.5. The average molecular weight is 583 g/mol. The minimum Gasteiger partial charge on any atom is -0.508 e. The number of rotatable bonds is 5. The number of ether oxygens (including phenoxy) is 1. The fourth-order valence-corrected chi connectivity index (χ4v) is 7.95. The molecule has 0 radical (unpaired) electrons. The maximum absolute atomic E-state index is 16.9. The Morgan fingerprint density at radius 2 is 1.95 bits per heavy atom. The van der Waals surface area contributed by atoms with Gasteiger partial charge < -0.3 is 20.1 Å². The van der Waals surface area contributed by atoms with Gasteiger partial charge >= 0.3 is 0 Å². The van der Waals surface area contributed by atoms with Gasteiger partial charge in [0, 0.05) is 60.7 Å². The molecule has 4 aliphatic rings. The van der Waals surface area contributed by atoms with Crippen LogP contribution in [0.5, 0.6) is 11.6 Å². The summed E-state index contributed by atoms with van der Waals surface area (Å²) in [7, 11) is 0. The number of phenolic OH excluding ortho intramolecular Hbond substituents is 1. The predicted molar refractivity (Wildman–Crippen MR) is 161 cm³/mol. The second-order valence-corrected chi connectivity index (χ2v) is 12.5. The third-order valence-corrected chi connectivity index (χ3v) is 9.88. The molecule has 2 aromatic heterocycles. The van der Waals surface area contributed by atoms with Crippen molar-refractivity contribution in [3.8, 4) is 22.9 Å². The van der Waals surface area contributed by atoms with Crippen LogP contribution >= 0.6 is 0 Å². The maximum Gasteiger partial charge on any atom is 0.257 e. The van der Waals surface area contributed by atoms with Gasteiger partial charge in [0.2, 0.25) is 5.88 Å². The largest absolute Gasteiger partial charge is 0.508 e. The summed E-state index contributed by atoms with van der Waals surface area (Å²) in [5.41, 5.74) is 0.0294. The average Bonchev–Trinajstić information content (AvgIpc) is 3.65. The van der Waals surface area contributed by atoms with Gasteiger partial charge in [-0.3, -0.25) is 9.88 Å². The van der Waals surface area contributed by atoms with Gasteiger partial charge in [-0.15, -0.1) is 0 Å². The molecule has 4 aromatic rings. The summed E-state index contributed by atoms with van der Waals surface area (Å²) in [5, 5.41) is 16.2. The SMILES string of the molecule is [C-]#[N+]c1c(OC[C@@]23CCCN2C[C@H](F)C3)nc(N2CC3CCC(C2)N3)c2cnc(-c3cc(O)cc4ccccc34)c(F)c12. The number of halogens is 2. The topological polar surface area (TPSA) is 78.1 Å². The number of pyridine rings is 2. The van der Waals surface area contributed by atoms with Crippen molar-refractivity contribution in [2.45, 2.75) is 55.9 Å². The van der Waals surface area contributed by atoms with Crippen molar-refractivity contribution in [3.05, 3.63) is 59.8 Å². The highest BCUT2D eigenvalue weighted by molar-refractivity contribution is 6.06. The Bertz CT molecular complexity index is 1800. The quantitative estimate of drug-likeness (QED) is 0.291. The van der Waals surface area contributed by atoms with E-state index in [0.717, 1.165) is 43.0 Å². The molecule has 0 spiro atoms. The fraction of sp³-hybridized carbons (Fsp3) is 0.424. The van der Waals surface area contributed by atoms with Gasteiger partial charge in [0.1, 0.15) is 35.9 Å². The van der Waals surface area contributed by atoms with Crippen molar-refractivity contribution in [1.29, 1.82) is 0 Å². The highest BCUT2D eigenvalue weighted by atomic mass is 19.1. The van der Waals surface area contributed by atoms with Crippen molar-refractivity contribution in [1.82, 2.24) is 20.2 Å². The first-order valence-electron chi connectivity index (χ1n) is 15.1. The number of phenols is 1. The molecule has 0 amide bonds. The first-order valence-corrected chi connectivity index (χ1v) is 15.1. The van der Waals surface area contributed by atoms with Gasteiger partial charge in [0.25, 0.3) is 5.69 Å². The molecule has 2 unspecified atom stereocenters. The summed E-state index contributed by atoms with van der Waals surface area (Å²) >= 11 is 0. The zero-order valence-corrected chi connectivity index (χ0v) is 23.7. The molecular formula is C33H32F2N6O2. The minimum absolute atomic E-state index is 0.000708. The zero-order chi connectivity index (χ0) is 29.3. The minimum atomic E-state index is -0.913. The van der Waals surface area contributed by atoms with E-state index in [4.69, 9.17) is 16.3 Å². The Morgan fingerprint density at radius 1 is 1.14 bits per heavy atom. The van der Waals surface area contributed by atoms with E-state index in [0.29, 0.717) is 54.9 Å². The summed E-state index contributed by atoms with van der Waals surface area (Å²) in [6.45, 7) is 11.0. The van der Waals surface area contributed by atoms with Crippen LogP contribution in [0, 0.1) is 12.4 Å². The summed E-state index contributed by atoms with van der Waals surface area (Å²) in [6, 6.07) is 11.2. The van der Waals surface area contributed by atoms with Crippen molar-refractivity contribution < 1.29 is 18.6 Å². The fourth-order valence-electron chi connectivity index (χ4n) is 7.95. The van der Waals surface area contributed by atoms with Gasteiger partial charge in [-0.1, -0.05) is 24.3 Å². The first kappa shape index (κ1) is 26.5. The Hall–Kier alpha value is -4.07. The number of piperazine rings is 1. The summed E-state index contributed by atoms with van der Waals surface area (Å²) in [5.74, 6) is -0.0377.